The van der Waals surface area contributed by atoms with E-state index in [9.17, 15) is 19.8 Å². The highest BCUT2D eigenvalue weighted by Gasteiger charge is 2.37. The van der Waals surface area contributed by atoms with Gasteiger partial charge in [-0.05, 0) is 126 Å². The van der Waals surface area contributed by atoms with E-state index in [4.69, 9.17) is 11.6 Å². The van der Waals surface area contributed by atoms with Gasteiger partial charge in [-0.3, -0.25) is 29.4 Å². The molecule has 0 radical (unpaired) electrons. The number of nitrogens with one attached hydrogen (secondary N) is 3. The first-order chi connectivity index (χ1) is 32.2. The molecule has 0 bridgehead atoms. The van der Waals surface area contributed by atoms with Crippen LogP contribution in [0.2, 0.25) is 5.02 Å². The van der Waals surface area contributed by atoms with Crippen molar-refractivity contribution in [3.8, 4) is 0 Å². The van der Waals surface area contributed by atoms with E-state index >= 15 is 0 Å². The van der Waals surface area contributed by atoms with E-state index in [1.807, 2.05) is 124 Å². The minimum absolute atomic E-state index is 0.0712. The van der Waals surface area contributed by atoms with Crippen molar-refractivity contribution in [1.82, 2.24) is 35.3 Å². The summed E-state index contributed by atoms with van der Waals surface area (Å²) >= 11 is 6.04. The van der Waals surface area contributed by atoms with Crippen molar-refractivity contribution in [2.45, 2.75) is 116 Å². The second-order valence-electron chi connectivity index (χ2n) is 19.3. The average Bonchev–Trinajstić information content (AvgIpc) is 3.62. The summed E-state index contributed by atoms with van der Waals surface area (Å²) in [5.41, 5.74) is 5.75. The molecule has 3 heterocycles. The molecule has 1 fully saturated rings. The number of β-amino-alcohol motifs (C(OH)–C–C–N with tert-alkyl or cyclic N) is 1. The molecule has 3 aromatic carbocycles. The van der Waals surface area contributed by atoms with Crippen molar-refractivity contribution < 1.29 is 19.8 Å². The fourth-order valence-corrected chi connectivity index (χ4v) is 9.48. The largest absolute Gasteiger partial charge is 0.392 e. The van der Waals surface area contributed by atoms with Crippen LogP contribution in [0.1, 0.15) is 89.1 Å². The van der Waals surface area contributed by atoms with E-state index in [0.717, 1.165) is 69.9 Å². The van der Waals surface area contributed by atoms with Gasteiger partial charge in [0.1, 0.15) is 6.04 Å². The van der Waals surface area contributed by atoms with Gasteiger partial charge in [-0.15, -0.1) is 0 Å². The summed E-state index contributed by atoms with van der Waals surface area (Å²) in [6, 6.07) is 29.0. The Morgan fingerprint density at radius 2 is 1.69 bits per heavy atom. The minimum Gasteiger partial charge on any atom is -0.392 e. The molecule has 1 aliphatic carbocycles. The summed E-state index contributed by atoms with van der Waals surface area (Å²) in [4.78, 5) is 42.7. The van der Waals surface area contributed by atoms with Crippen molar-refractivity contribution in [1.29, 1.82) is 0 Å². The Kier molecular flexibility index (Phi) is 19.1. The molecule has 5 N–H and O–H groups in total. The number of hydrogen-bond acceptors (Lipinski definition) is 10. The predicted molar refractivity (Wildman–Crippen MR) is 271 cm³/mol. The topological polar surface area (TPSA) is 146 Å². The van der Waals surface area contributed by atoms with Gasteiger partial charge in [-0.1, -0.05) is 86.1 Å². The molecule has 1 aliphatic heterocycles. The molecule has 2 aromatic heterocycles. The molecule has 67 heavy (non-hydrogen) atoms. The third-order valence-electron chi connectivity index (χ3n) is 12.8. The van der Waals surface area contributed by atoms with Gasteiger partial charge >= 0.3 is 0 Å². The summed E-state index contributed by atoms with van der Waals surface area (Å²) in [7, 11) is 0. The lowest BCUT2D eigenvalue weighted by molar-refractivity contribution is -0.132. The molecule has 1 saturated heterocycles. The average molecular weight is 934 g/mol. The van der Waals surface area contributed by atoms with E-state index in [2.05, 4.69) is 61.4 Å². The molecule has 13 heteroatoms. The van der Waals surface area contributed by atoms with E-state index in [0.29, 0.717) is 38.5 Å². The van der Waals surface area contributed by atoms with Crippen LogP contribution in [0, 0.1) is 5.92 Å². The fraction of sp³-hybridized carbons (Fsp3) is 0.481. The number of halogens is 1. The lowest BCUT2D eigenvalue weighted by atomic mass is 9.91. The number of carbonyl (C=O) groups is 2. The molecule has 2 aliphatic rings. The van der Waals surface area contributed by atoms with Crippen molar-refractivity contribution in [3.63, 3.8) is 0 Å². The molecule has 360 valence electrons. The molecule has 1 unspecified atom stereocenters. The van der Waals surface area contributed by atoms with E-state index in [-0.39, 0.29) is 24.8 Å². The Hall–Kier alpha value is -4.95. The molecular weight excluding hydrogens is 860 g/mol. The maximum atomic E-state index is 13.8. The number of fused-ring (bicyclic) bond motifs is 2. The van der Waals surface area contributed by atoms with Crippen LogP contribution in [0.5, 0.6) is 0 Å². The standard InChI is InChI=1S/C36H47N5O4.C18H26ClN3/c1-36(2,3)39-35(45)31-24-40(22-26-12-9-15-37-21-26)16-17-41(31)23-29(42)19-28(18-25-10-5-4-6-11-25)34(44)38-33-30-14-8-7-13-27(30)20-32(33)43;1-4-22(5-2)12-6-7-14(3)21-17-10-11-20-18-13-15(19)8-9-16(17)18/h4-15,21,28-29,31-33,42-43H,16-20,22-24H2,1-3H3,(H,38,44)(H,39,45);8-11,13-14H,4-7,12H2,1-3H3,(H,20,21)/t28-,29+,31+,32-,33+;/m1./s1. The summed E-state index contributed by atoms with van der Waals surface area (Å²) in [5.74, 6) is -0.781. The first-order valence-electron chi connectivity index (χ1n) is 24.2. The first-order valence-corrected chi connectivity index (χ1v) is 24.6. The summed E-state index contributed by atoms with van der Waals surface area (Å²) in [5, 5.41) is 34.0. The number of aliphatic hydroxyl groups excluding tert-OH is 2. The zero-order chi connectivity index (χ0) is 47.9. The number of nitrogens with zero attached hydrogens (tertiary/aromatic N) is 5. The van der Waals surface area contributed by atoms with E-state index < -0.39 is 35.7 Å². The van der Waals surface area contributed by atoms with Gasteiger partial charge in [-0.25, -0.2) is 0 Å². The van der Waals surface area contributed by atoms with Crippen LogP contribution in [-0.4, -0.2) is 122 Å². The maximum absolute atomic E-state index is 13.8. The van der Waals surface area contributed by atoms with Crippen molar-refractivity contribution >= 4 is 40.0 Å². The second-order valence-corrected chi connectivity index (χ2v) is 19.8. The molecule has 0 spiro atoms. The third kappa shape index (κ3) is 15.5. The van der Waals surface area contributed by atoms with Crippen molar-refractivity contribution in [2.24, 2.45) is 5.92 Å². The van der Waals surface area contributed by atoms with Crippen LogP contribution in [0.3, 0.4) is 0 Å². The number of anilines is 1. The number of aromatic nitrogens is 2. The number of amides is 2. The number of rotatable bonds is 19. The number of benzene rings is 3. The zero-order valence-electron chi connectivity index (χ0n) is 40.4. The van der Waals surface area contributed by atoms with Crippen LogP contribution < -0.4 is 16.0 Å². The fourth-order valence-electron chi connectivity index (χ4n) is 9.31. The van der Waals surface area contributed by atoms with Gasteiger partial charge in [0, 0.05) is 91.3 Å². The molecule has 5 aromatic rings. The van der Waals surface area contributed by atoms with E-state index in [1.54, 1.807) is 6.20 Å². The van der Waals surface area contributed by atoms with Crippen LogP contribution in [0.15, 0.2) is 110 Å². The predicted octanol–water partition coefficient (Wildman–Crippen LogP) is 7.68. The minimum atomic E-state index is -0.833. The van der Waals surface area contributed by atoms with Gasteiger partial charge in [-0.2, -0.15) is 0 Å². The summed E-state index contributed by atoms with van der Waals surface area (Å²) in [6.07, 6.45) is 7.47. The second kappa shape index (κ2) is 24.9. The molecule has 2 amide bonds. The number of aliphatic hydroxyl groups is 2. The van der Waals surface area contributed by atoms with Gasteiger partial charge in [0.15, 0.2) is 0 Å². The summed E-state index contributed by atoms with van der Waals surface area (Å²) < 4.78 is 0. The first kappa shape index (κ1) is 51.4. The number of hydrogen-bond donors (Lipinski definition) is 5. The molecule has 7 rings (SSSR count). The van der Waals surface area contributed by atoms with Gasteiger partial charge in [0.25, 0.3) is 0 Å². The van der Waals surface area contributed by atoms with Gasteiger partial charge in [0.05, 0.1) is 23.8 Å². The van der Waals surface area contributed by atoms with Gasteiger partial charge in [0.2, 0.25) is 11.8 Å². The van der Waals surface area contributed by atoms with Crippen molar-refractivity contribution in [2.75, 3.05) is 51.1 Å². The number of piperazine rings is 1. The third-order valence-corrected chi connectivity index (χ3v) is 13.1. The Balaban J connectivity index is 0.000000282. The van der Waals surface area contributed by atoms with E-state index in [1.165, 1.54) is 13.0 Å². The molecule has 6 atom stereocenters. The normalized spacial score (nSPS) is 18.9. The zero-order valence-corrected chi connectivity index (χ0v) is 41.1. The van der Waals surface area contributed by atoms with Crippen molar-refractivity contribution in [3.05, 3.63) is 137 Å². The highest BCUT2D eigenvalue weighted by molar-refractivity contribution is 6.31. The SMILES string of the molecule is CC(C)(C)NC(=O)[C@@H]1CN(Cc2cccnc2)CCN1C[C@@H](O)C[C@@H](Cc1ccccc1)C(=O)N[C@H]1c2ccccc2C[C@H]1O.CCN(CC)CCCC(C)Nc1ccnc2cc(Cl)ccc12. The summed E-state index contributed by atoms with van der Waals surface area (Å²) in [6.45, 7) is 18.9. The molecule has 12 nitrogen and oxygen atoms in total. The smallest absolute Gasteiger partial charge is 0.239 e. The highest BCUT2D eigenvalue weighted by atomic mass is 35.5. The Morgan fingerprint density at radius 3 is 2.42 bits per heavy atom. The van der Waals surface area contributed by atoms with Crippen LogP contribution in [-0.2, 0) is 29.0 Å². The van der Waals surface area contributed by atoms with Crippen LogP contribution >= 0.6 is 11.6 Å². The number of pyridine rings is 2. The van der Waals surface area contributed by atoms with Crippen LogP contribution in [0.25, 0.3) is 10.9 Å². The Labute approximate surface area is 403 Å². The Bertz CT molecular complexity index is 2310. The lowest BCUT2D eigenvalue weighted by Gasteiger charge is -2.42. The Morgan fingerprint density at radius 1 is 0.940 bits per heavy atom. The van der Waals surface area contributed by atoms with Gasteiger partial charge < -0.3 is 31.1 Å². The number of carbonyl (C=O) groups excluding carboxylic acids is 2. The quantitative estimate of drug-likeness (QED) is 0.0560. The molecular formula is C54H73ClN8O4. The lowest BCUT2D eigenvalue weighted by Crippen LogP contribution is -2.61. The monoisotopic (exact) mass is 933 g/mol. The highest BCUT2D eigenvalue weighted by Crippen LogP contribution is 2.32. The maximum Gasteiger partial charge on any atom is 0.239 e. The molecule has 0 saturated carbocycles. The van der Waals surface area contributed by atoms with Crippen LogP contribution in [0.4, 0.5) is 5.69 Å².